The second kappa shape index (κ2) is 4.27. The molecule has 0 saturated carbocycles. The maximum Gasteiger partial charge on any atom is 0.155 e. The molecule has 2 rings (SSSR count). The summed E-state index contributed by atoms with van der Waals surface area (Å²) in [7, 11) is 0. The van der Waals surface area contributed by atoms with Crippen LogP contribution in [0.4, 0.5) is 0 Å². The molecule has 0 aromatic carbocycles. The van der Waals surface area contributed by atoms with Crippen LogP contribution in [0.2, 0.25) is 0 Å². The van der Waals surface area contributed by atoms with Gasteiger partial charge in [0.15, 0.2) is 4.93 Å². The second-order valence-corrected chi connectivity index (χ2v) is 5.31. The lowest BCUT2D eigenvalue weighted by atomic mass is 10.3. The summed E-state index contributed by atoms with van der Waals surface area (Å²) in [6, 6.07) is 6.00. The molecule has 3 heteroatoms. The number of nitrogens with zero attached hydrogens (tertiary/aromatic N) is 1. The fraction of sp³-hybridized carbons (Fsp3) is 0.417. The summed E-state index contributed by atoms with van der Waals surface area (Å²) >= 11 is 1.81. The zero-order chi connectivity index (χ0) is 10.7. The van der Waals surface area contributed by atoms with Crippen molar-refractivity contribution in [1.29, 1.82) is 0 Å². The summed E-state index contributed by atoms with van der Waals surface area (Å²) in [5, 5.41) is 0. The molecule has 0 saturated heterocycles. The number of hydrogen-bond acceptors (Lipinski definition) is 3. The van der Waals surface area contributed by atoms with Crippen molar-refractivity contribution in [2.45, 2.75) is 31.0 Å². The molecule has 0 aliphatic carbocycles. The van der Waals surface area contributed by atoms with E-state index in [9.17, 15) is 0 Å². The monoisotopic (exact) mass is 221 g/mol. The number of thioether (sulfide) groups is 1. The van der Waals surface area contributed by atoms with Gasteiger partial charge in [0.2, 0.25) is 0 Å². The molecule has 1 aromatic rings. The molecule has 1 atom stereocenters. The van der Waals surface area contributed by atoms with Gasteiger partial charge in [0, 0.05) is 18.4 Å². The van der Waals surface area contributed by atoms with Crippen molar-refractivity contribution in [2.24, 2.45) is 0 Å². The molecule has 0 amide bonds. The number of allylic oxidation sites excluding steroid dienone is 1. The van der Waals surface area contributed by atoms with Crippen LogP contribution >= 0.6 is 11.8 Å². The first kappa shape index (κ1) is 10.6. The lowest BCUT2D eigenvalue weighted by Crippen LogP contribution is -2.18. The average Bonchev–Trinajstić information content (AvgIpc) is 2.58. The van der Waals surface area contributed by atoms with E-state index in [0.717, 1.165) is 23.6 Å². The van der Waals surface area contributed by atoms with Crippen LogP contribution in [0.1, 0.15) is 26.0 Å². The minimum absolute atomic E-state index is 0.0956. The fourth-order valence-electron chi connectivity index (χ4n) is 1.55. The first-order chi connectivity index (χ1) is 7.18. The Bertz CT molecular complexity index is 363. The van der Waals surface area contributed by atoms with Gasteiger partial charge in [0.25, 0.3) is 0 Å². The molecule has 1 aliphatic heterocycles. The third-order valence-electron chi connectivity index (χ3n) is 2.39. The Hall–Kier alpha value is -0.960. The Balaban J connectivity index is 1.89. The van der Waals surface area contributed by atoms with Gasteiger partial charge < -0.3 is 4.74 Å². The molecule has 0 radical (unpaired) electrons. The van der Waals surface area contributed by atoms with Crippen LogP contribution in [-0.4, -0.2) is 9.92 Å². The highest BCUT2D eigenvalue weighted by atomic mass is 32.2. The topological polar surface area (TPSA) is 22.1 Å². The van der Waals surface area contributed by atoms with Crippen molar-refractivity contribution in [2.75, 3.05) is 0 Å². The van der Waals surface area contributed by atoms with Gasteiger partial charge in [-0.3, -0.25) is 4.98 Å². The lowest BCUT2D eigenvalue weighted by Gasteiger charge is -2.23. The summed E-state index contributed by atoms with van der Waals surface area (Å²) in [5.74, 6) is 1.93. The largest absolute Gasteiger partial charge is 0.482 e. The minimum atomic E-state index is -0.0956. The molecule has 0 N–H and O–H groups in total. The van der Waals surface area contributed by atoms with Gasteiger partial charge in [-0.1, -0.05) is 6.07 Å². The number of pyridine rings is 1. The van der Waals surface area contributed by atoms with E-state index in [1.165, 1.54) is 0 Å². The quantitative estimate of drug-likeness (QED) is 0.781. The molecule has 2 nitrogen and oxygen atoms in total. The molecule has 1 aliphatic rings. The van der Waals surface area contributed by atoms with Crippen LogP contribution in [0.3, 0.4) is 0 Å². The number of rotatable bonds is 3. The smallest absolute Gasteiger partial charge is 0.155 e. The van der Waals surface area contributed by atoms with Crippen molar-refractivity contribution in [3.63, 3.8) is 0 Å². The number of hydrogen-bond donors (Lipinski definition) is 0. The molecule has 80 valence electrons. The zero-order valence-electron chi connectivity index (χ0n) is 9.06. The van der Waals surface area contributed by atoms with Gasteiger partial charge in [-0.25, -0.2) is 0 Å². The summed E-state index contributed by atoms with van der Waals surface area (Å²) in [6.07, 6.45) is 4.96. The van der Waals surface area contributed by atoms with Gasteiger partial charge in [0.05, 0.1) is 11.5 Å². The Labute approximate surface area is 94.7 Å². The molecular weight excluding hydrogens is 206 g/mol. The third-order valence-corrected chi connectivity index (χ3v) is 3.69. The van der Waals surface area contributed by atoms with Gasteiger partial charge >= 0.3 is 0 Å². The second-order valence-electron chi connectivity index (χ2n) is 3.86. The van der Waals surface area contributed by atoms with Gasteiger partial charge in [-0.15, -0.1) is 11.8 Å². The molecule has 0 bridgehead atoms. The Morgan fingerprint density at radius 1 is 1.53 bits per heavy atom. The highest BCUT2D eigenvalue weighted by Crippen LogP contribution is 2.39. The SMILES string of the molecule is CC1=CCC(C)(SCc2ccccn2)O1. The van der Waals surface area contributed by atoms with Crippen molar-refractivity contribution in [3.8, 4) is 0 Å². The summed E-state index contributed by atoms with van der Waals surface area (Å²) in [6.45, 7) is 4.14. The van der Waals surface area contributed by atoms with E-state index in [1.807, 2.05) is 31.3 Å². The molecule has 0 fully saturated rings. The van der Waals surface area contributed by atoms with Crippen molar-refractivity contribution in [1.82, 2.24) is 4.98 Å². The van der Waals surface area contributed by atoms with Crippen molar-refractivity contribution < 1.29 is 4.74 Å². The number of ether oxygens (including phenoxy) is 1. The van der Waals surface area contributed by atoms with Gasteiger partial charge in [-0.2, -0.15) is 0 Å². The van der Waals surface area contributed by atoms with Crippen LogP contribution in [0.15, 0.2) is 36.2 Å². The summed E-state index contributed by atoms with van der Waals surface area (Å²) < 4.78 is 5.77. The summed E-state index contributed by atoms with van der Waals surface area (Å²) in [5.41, 5.74) is 1.11. The third kappa shape index (κ3) is 2.75. The first-order valence-corrected chi connectivity index (χ1v) is 6.06. The zero-order valence-corrected chi connectivity index (χ0v) is 9.88. The standard InChI is InChI=1S/C12H15NOS/c1-10-6-7-12(2,14-10)15-9-11-5-3-4-8-13-11/h3-6,8H,7,9H2,1-2H3. The first-order valence-electron chi connectivity index (χ1n) is 5.08. The lowest BCUT2D eigenvalue weighted by molar-refractivity contribution is 0.130. The van der Waals surface area contributed by atoms with Crippen LogP contribution in [0.5, 0.6) is 0 Å². The molecule has 2 heterocycles. The van der Waals surface area contributed by atoms with E-state index in [4.69, 9.17) is 4.74 Å². The maximum atomic E-state index is 5.77. The molecule has 1 unspecified atom stereocenters. The van der Waals surface area contributed by atoms with E-state index in [2.05, 4.69) is 18.0 Å². The molecule has 0 spiro atoms. The summed E-state index contributed by atoms with van der Waals surface area (Å²) in [4.78, 5) is 4.20. The molecule has 1 aromatic heterocycles. The van der Waals surface area contributed by atoms with Crippen LogP contribution < -0.4 is 0 Å². The Kier molecular flexibility index (Phi) is 3.00. The molecule has 15 heavy (non-hydrogen) atoms. The van der Waals surface area contributed by atoms with Gasteiger partial charge in [0.1, 0.15) is 0 Å². The van der Waals surface area contributed by atoms with E-state index in [0.29, 0.717) is 0 Å². The predicted molar refractivity (Wildman–Crippen MR) is 63.4 cm³/mol. The highest BCUT2D eigenvalue weighted by molar-refractivity contribution is 7.99. The Morgan fingerprint density at radius 2 is 2.40 bits per heavy atom. The van der Waals surface area contributed by atoms with E-state index in [1.54, 1.807) is 11.8 Å². The molecular formula is C12H15NOS. The van der Waals surface area contributed by atoms with Crippen molar-refractivity contribution >= 4 is 11.8 Å². The highest BCUT2D eigenvalue weighted by Gasteiger charge is 2.30. The van der Waals surface area contributed by atoms with E-state index in [-0.39, 0.29) is 4.93 Å². The van der Waals surface area contributed by atoms with E-state index < -0.39 is 0 Å². The average molecular weight is 221 g/mol. The van der Waals surface area contributed by atoms with Crippen LogP contribution in [0, 0.1) is 0 Å². The van der Waals surface area contributed by atoms with E-state index >= 15 is 0 Å². The van der Waals surface area contributed by atoms with Crippen LogP contribution in [-0.2, 0) is 10.5 Å². The number of aromatic nitrogens is 1. The normalized spacial score (nSPS) is 24.8. The van der Waals surface area contributed by atoms with Crippen molar-refractivity contribution in [3.05, 3.63) is 41.9 Å². The van der Waals surface area contributed by atoms with Gasteiger partial charge in [-0.05, 0) is 32.1 Å². The fourth-order valence-corrected chi connectivity index (χ4v) is 2.57. The maximum absolute atomic E-state index is 5.77. The Morgan fingerprint density at radius 3 is 3.00 bits per heavy atom. The van der Waals surface area contributed by atoms with Crippen LogP contribution in [0.25, 0.3) is 0 Å². The predicted octanol–water partition coefficient (Wildman–Crippen LogP) is 3.36. The minimum Gasteiger partial charge on any atom is -0.482 e.